The quantitative estimate of drug-likeness (QED) is 0.718. The zero-order valence-electron chi connectivity index (χ0n) is 12.4. The number of ether oxygens (including phenoxy) is 1. The number of benzene rings is 2. The first-order chi connectivity index (χ1) is 11.0. The van der Waals surface area contributed by atoms with Crippen LogP contribution in [0, 0.1) is 0 Å². The molecule has 2 aromatic carbocycles. The number of hydrogen-bond donors (Lipinski definition) is 0. The molecular formula is C18H15F3OS. The molecule has 1 nitrogen and oxygen atoms in total. The highest BCUT2D eigenvalue weighted by atomic mass is 32.2. The molecule has 1 heterocycles. The predicted molar refractivity (Wildman–Crippen MR) is 86.1 cm³/mol. The molecule has 1 aliphatic rings. The van der Waals surface area contributed by atoms with Crippen molar-refractivity contribution in [1.82, 2.24) is 0 Å². The summed E-state index contributed by atoms with van der Waals surface area (Å²) in [6.45, 7) is 1.56. The summed E-state index contributed by atoms with van der Waals surface area (Å²) < 4.78 is 47.5. The molecule has 1 atom stereocenters. The van der Waals surface area contributed by atoms with E-state index in [2.05, 4.69) is 0 Å². The number of fused-ring (bicyclic) bond motifs is 1. The normalized spacial score (nSPS) is 22.3. The Morgan fingerprint density at radius 2 is 1.70 bits per heavy atom. The van der Waals surface area contributed by atoms with Crippen molar-refractivity contribution in [2.45, 2.75) is 23.6 Å². The van der Waals surface area contributed by atoms with Crippen LogP contribution in [-0.2, 0) is 10.3 Å². The molecule has 0 fully saturated rings. The van der Waals surface area contributed by atoms with Crippen molar-refractivity contribution in [2.75, 3.05) is 6.61 Å². The summed E-state index contributed by atoms with van der Waals surface area (Å²) in [4.78, 5) is 0.736. The third-order valence-electron chi connectivity index (χ3n) is 3.69. The first kappa shape index (κ1) is 16.1. The van der Waals surface area contributed by atoms with Crippen LogP contribution in [-0.4, -0.2) is 12.8 Å². The van der Waals surface area contributed by atoms with Crippen LogP contribution in [0.4, 0.5) is 13.2 Å². The van der Waals surface area contributed by atoms with E-state index in [1.165, 1.54) is 6.07 Å². The molecule has 0 spiro atoms. The molecule has 0 radical (unpaired) electrons. The Morgan fingerprint density at radius 1 is 1.04 bits per heavy atom. The molecule has 2 aromatic rings. The molecule has 23 heavy (non-hydrogen) atoms. The third kappa shape index (κ3) is 2.68. The zero-order valence-corrected chi connectivity index (χ0v) is 13.2. The summed E-state index contributed by atoms with van der Waals surface area (Å²) in [5.41, 5.74) is -1.50. The van der Waals surface area contributed by atoms with Gasteiger partial charge in [-0.05, 0) is 24.6 Å². The van der Waals surface area contributed by atoms with Crippen molar-refractivity contribution in [1.29, 1.82) is 0 Å². The molecule has 120 valence electrons. The summed E-state index contributed by atoms with van der Waals surface area (Å²) in [5, 5.41) is 0. The first-order valence-electron chi connectivity index (χ1n) is 7.24. The van der Waals surface area contributed by atoms with Gasteiger partial charge < -0.3 is 4.74 Å². The van der Waals surface area contributed by atoms with E-state index in [1.54, 1.807) is 55.5 Å². The maximum Gasteiger partial charge on any atom is 0.426 e. The summed E-state index contributed by atoms with van der Waals surface area (Å²) >= 11 is 1.12. The lowest BCUT2D eigenvalue weighted by molar-refractivity contribution is -0.263. The van der Waals surface area contributed by atoms with Crippen molar-refractivity contribution in [2.24, 2.45) is 0 Å². The molecule has 0 saturated heterocycles. The topological polar surface area (TPSA) is 9.23 Å². The fourth-order valence-corrected chi connectivity index (χ4v) is 4.07. The number of alkyl halides is 3. The molecule has 5 heteroatoms. The van der Waals surface area contributed by atoms with Gasteiger partial charge >= 0.3 is 6.18 Å². The van der Waals surface area contributed by atoms with Gasteiger partial charge in [0.15, 0.2) is 0 Å². The Balaban J connectivity index is 2.22. The highest BCUT2D eigenvalue weighted by Gasteiger charge is 2.63. The molecular weight excluding hydrogens is 321 g/mol. The second-order valence-electron chi connectivity index (χ2n) is 5.13. The number of rotatable bonds is 3. The van der Waals surface area contributed by atoms with E-state index >= 15 is 0 Å². The van der Waals surface area contributed by atoms with Crippen LogP contribution in [0.15, 0.2) is 64.4 Å². The van der Waals surface area contributed by atoms with Gasteiger partial charge in [-0.2, -0.15) is 13.2 Å². The van der Waals surface area contributed by atoms with Crippen LogP contribution in [0.3, 0.4) is 0 Å². The van der Waals surface area contributed by atoms with E-state index in [0.29, 0.717) is 4.90 Å². The van der Waals surface area contributed by atoms with Gasteiger partial charge in [-0.25, -0.2) is 0 Å². The summed E-state index contributed by atoms with van der Waals surface area (Å²) in [6, 6.07) is 15.5. The second-order valence-corrected chi connectivity index (χ2v) is 6.21. The maximum atomic E-state index is 14.1. The SMILES string of the molecule is CCOC1(C(F)(F)F)/C(=C/c2ccccc2)Sc2ccccc21. The Morgan fingerprint density at radius 3 is 2.35 bits per heavy atom. The molecule has 0 N–H and O–H groups in total. The van der Waals surface area contributed by atoms with Crippen molar-refractivity contribution in [3.05, 3.63) is 70.6 Å². The molecule has 1 aliphatic heterocycles. The van der Waals surface area contributed by atoms with Crippen LogP contribution in [0.5, 0.6) is 0 Å². The molecule has 0 saturated carbocycles. The fraction of sp³-hybridized carbons (Fsp3) is 0.222. The first-order valence-corrected chi connectivity index (χ1v) is 8.06. The standard InChI is InChI=1S/C18H15F3OS/c1-2-22-17(18(19,20)21)14-10-6-7-11-15(14)23-16(17)12-13-8-4-3-5-9-13/h3-12H,2H2,1H3/b16-12-. The van der Waals surface area contributed by atoms with Gasteiger partial charge in [0.2, 0.25) is 5.60 Å². The van der Waals surface area contributed by atoms with Gasteiger partial charge in [-0.3, -0.25) is 0 Å². The van der Waals surface area contributed by atoms with Gasteiger partial charge in [-0.1, -0.05) is 60.3 Å². The molecule has 0 aromatic heterocycles. The van der Waals surface area contributed by atoms with E-state index in [-0.39, 0.29) is 17.1 Å². The number of thioether (sulfide) groups is 1. The molecule has 1 unspecified atom stereocenters. The Hall–Kier alpha value is -1.72. The number of hydrogen-bond acceptors (Lipinski definition) is 2. The van der Waals surface area contributed by atoms with Crippen LogP contribution >= 0.6 is 11.8 Å². The monoisotopic (exact) mass is 336 g/mol. The Bertz CT molecular complexity index is 725. The predicted octanol–water partition coefficient (Wildman–Crippen LogP) is 5.63. The highest BCUT2D eigenvalue weighted by Crippen LogP contribution is 2.60. The van der Waals surface area contributed by atoms with E-state index < -0.39 is 11.8 Å². The average Bonchev–Trinajstić information content (AvgIpc) is 2.83. The molecule has 0 aliphatic carbocycles. The zero-order chi connectivity index (χ0) is 16.5. The van der Waals surface area contributed by atoms with Crippen molar-refractivity contribution < 1.29 is 17.9 Å². The third-order valence-corrected chi connectivity index (χ3v) is 4.89. The van der Waals surface area contributed by atoms with Crippen LogP contribution in [0.1, 0.15) is 18.1 Å². The van der Waals surface area contributed by atoms with Gasteiger partial charge in [-0.15, -0.1) is 0 Å². The lowest BCUT2D eigenvalue weighted by Gasteiger charge is -2.33. The van der Waals surface area contributed by atoms with Crippen LogP contribution < -0.4 is 0 Å². The highest BCUT2D eigenvalue weighted by molar-refractivity contribution is 8.03. The van der Waals surface area contributed by atoms with Gasteiger partial charge in [0, 0.05) is 22.0 Å². The smallest absolute Gasteiger partial charge is 0.356 e. The van der Waals surface area contributed by atoms with Crippen molar-refractivity contribution in [3.63, 3.8) is 0 Å². The number of halogens is 3. The molecule has 0 amide bonds. The maximum absolute atomic E-state index is 14.1. The minimum atomic E-state index is -4.54. The fourth-order valence-electron chi connectivity index (χ4n) is 2.74. The second kappa shape index (κ2) is 6.06. The minimum absolute atomic E-state index is 0.0272. The lowest BCUT2D eigenvalue weighted by atomic mass is 9.91. The van der Waals surface area contributed by atoms with E-state index in [4.69, 9.17) is 4.74 Å². The van der Waals surface area contributed by atoms with Crippen molar-refractivity contribution in [3.8, 4) is 0 Å². The lowest BCUT2D eigenvalue weighted by Crippen LogP contribution is -2.44. The van der Waals surface area contributed by atoms with E-state index in [0.717, 1.165) is 17.3 Å². The van der Waals surface area contributed by atoms with Gasteiger partial charge in [0.05, 0.1) is 0 Å². The average molecular weight is 336 g/mol. The summed E-state index contributed by atoms with van der Waals surface area (Å²) in [7, 11) is 0. The van der Waals surface area contributed by atoms with Gasteiger partial charge in [0.1, 0.15) is 0 Å². The van der Waals surface area contributed by atoms with Crippen LogP contribution in [0.2, 0.25) is 0 Å². The Labute approximate surface area is 137 Å². The van der Waals surface area contributed by atoms with E-state index in [1.807, 2.05) is 6.07 Å². The Kier molecular flexibility index (Phi) is 4.25. The molecule has 0 bridgehead atoms. The summed E-state index contributed by atoms with van der Waals surface area (Å²) in [5.74, 6) is 0. The molecule has 3 rings (SSSR count). The van der Waals surface area contributed by atoms with E-state index in [9.17, 15) is 13.2 Å². The van der Waals surface area contributed by atoms with Crippen molar-refractivity contribution >= 4 is 17.8 Å². The van der Waals surface area contributed by atoms with Crippen LogP contribution in [0.25, 0.3) is 6.08 Å². The summed E-state index contributed by atoms with van der Waals surface area (Å²) in [6.07, 6.45) is -2.98. The minimum Gasteiger partial charge on any atom is -0.356 e. The van der Waals surface area contributed by atoms with Gasteiger partial charge in [0.25, 0.3) is 0 Å². The largest absolute Gasteiger partial charge is 0.426 e.